The van der Waals surface area contributed by atoms with Gasteiger partial charge in [-0.2, -0.15) is 10.1 Å². The molecule has 192 valence electrons. The quantitative estimate of drug-likeness (QED) is 0.393. The lowest BCUT2D eigenvalue weighted by atomic mass is 10.0. The summed E-state index contributed by atoms with van der Waals surface area (Å²) in [4.78, 5) is 30.1. The van der Waals surface area contributed by atoms with E-state index >= 15 is 0 Å². The number of aromatic nitrogens is 5. The summed E-state index contributed by atoms with van der Waals surface area (Å²) in [5.74, 6) is 1.96. The highest BCUT2D eigenvalue weighted by molar-refractivity contribution is 5.87. The van der Waals surface area contributed by atoms with E-state index in [1.165, 1.54) is 18.4 Å². The average molecular weight is 500 g/mol. The van der Waals surface area contributed by atoms with Crippen LogP contribution in [0.1, 0.15) is 50.8 Å². The number of piperazine rings is 1. The predicted molar refractivity (Wildman–Crippen MR) is 145 cm³/mol. The Balaban J connectivity index is 1.40. The Labute approximate surface area is 215 Å². The fourth-order valence-corrected chi connectivity index (χ4v) is 5.13. The van der Waals surface area contributed by atoms with Gasteiger partial charge in [-0.1, -0.05) is 25.1 Å². The number of benzene rings is 1. The second-order valence-electron chi connectivity index (χ2n) is 10.2. The Morgan fingerprint density at radius 3 is 2.62 bits per heavy atom. The summed E-state index contributed by atoms with van der Waals surface area (Å²) in [7, 11) is 0. The van der Waals surface area contributed by atoms with E-state index in [-0.39, 0.29) is 18.1 Å². The van der Waals surface area contributed by atoms with Crippen molar-refractivity contribution in [2.24, 2.45) is 11.7 Å². The number of amides is 2. The number of primary amides is 1. The first kappa shape index (κ1) is 23.4. The zero-order chi connectivity index (χ0) is 25.5. The summed E-state index contributed by atoms with van der Waals surface area (Å²) in [5.41, 5.74) is 9.39. The van der Waals surface area contributed by atoms with Crippen molar-refractivity contribution in [1.29, 1.82) is 0 Å². The maximum atomic E-state index is 11.6. The Morgan fingerprint density at radius 2 is 1.89 bits per heavy atom. The molecule has 2 aliphatic rings. The van der Waals surface area contributed by atoms with Gasteiger partial charge in [-0.3, -0.25) is 9.67 Å². The second-order valence-corrected chi connectivity index (χ2v) is 10.2. The minimum Gasteiger partial charge on any atom is -0.361 e. The van der Waals surface area contributed by atoms with Crippen LogP contribution >= 0.6 is 0 Å². The number of pyridine rings is 1. The molecule has 1 aliphatic carbocycles. The van der Waals surface area contributed by atoms with Crippen molar-refractivity contribution in [1.82, 2.24) is 29.6 Å². The van der Waals surface area contributed by atoms with Crippen LogP contribution in [-0.4, -0.2) is 61.8 Å². The van der Waals surface area contributed by atoms with Gasteiger partial charge in [0.25, 0.3) is 0 Å². The molecule has 1 saturated carbocycles. The van der Waals surface area contributed by atoms with Crippen molar-refractivity contribution in [3.63, 3.8) is 0 Å². The van der Waals surface area contributed by atoms with Crippen LogP contribution in [0.3, 0.4) is 0 Å². The van der Waals surface area contributed by atoms with Crippen molar-refractivity contribution in [3.8, 4) is 0 Å². The highest BCUT2D eigenvalue weighted by atomic mass is 16.2. The summed E-state index contributed by atoms with van der Waals surface area (Å²) in [5, 5.41) is 9.65. The van der Waals surface area contributed by atoms with Gasteiger partial charge in [0, 0.05) is 43.8 Å². The zero-order valence-electron chi connectivity index (χ0n) is 21.3. The molecule has 0 radical (unpaired) electrons. The number of carbonyl (C=O) groups is 1. The number of nitrogens with two attached hydrogens (primary N) is 1. The first-order valence-electron chi connectivity index (χ1n) is 13.2. The highest BCUT2D eigenvalue weighted by Crippen LogP contribution is 2.44. The molecule has 10 heteroatoms. The second kappa shape index (κ2) is 9.49. The fourth-order valence-electron chi connectivity index (χ4n) is 5.13. The molecule has 1 saturated heterocycles. The fraction of sp³-hybridized carbons (Fsp3) is 0.444. The van der Waals surface area contributed by atoms with Gasteiger partial charge >= 0.3 is 6.03 Å². The van der Waals surface area contributed by atoms with Crippen LogP contribution in [0, 0.1) is 5.92 Å². The molecule has 1 unspecified atom stereocenters. The normalized spacial score (nSPS) is 17.8. The summed E-state index contributed by atoms with van der Waals surface area (Å²) in [6.45, 7) is 6.70. The maximum Gasteiger partial charge on any atom is 0.314 e. The SMILES string of the molecule is CC[C@H](C)n1ncc2nc(N3CCN(C(N)=O)CC3)nc(NC(c3cnc4ccccc4c3)C3CC3)c21. The number of nitrogens with zero attached hydrogens (tertiary/aromatic N) is 7. The molecular formula is C27H33N9O. The lowest BCUT2D eigenvalue weighted by Gasteiger charge is -2.34. The predicted octanol–water partition coefficient (Wildman–Crippen LogP) is 4.11. The summed E-state index contributed by atoms with van der Waals surface area (Å²) in [6.07, 6.45) is 7.12. The number of para-hydroxylation sites is 1. The number of rotatable bonds is 7. The van der Waals surface area contributed by atoms with Crippen LogP contribution < -0.4 is 16.0 Å². The third-order valence-corrected chi connectivity index (χ3v) is 7.67. The summed E-state index contributed by atoms with van der Waals surface area (Å²) < 4.78 is 2.04. The molecule has 4 heterocycles. The van der Waals surface area contributed by atoms with Gasteiger partial charge in [0.2, 0.25) is 5.95 Å². The molecule has 1 aromatic carbocycles. The van der Waals surface area contributed by atoms with E-state index in [4.69, 9.17) is 25.8 Å². The van der Waals surface area contributed by atoms with Crippen LogP contribution in [0.2, 0.25) is 0 Å². The van der Waals surface area contributed by atoms with Crippen molar-refractivity contribution in [2.75, 3.05) is 36.4 Å². The van der Waals surface area contributed by atoms with Gasteiger partial charge < -0.3 is 20.9 Å². The van der Waals surface area contributed by atoms with Gasteiger partial charge in [-0.15, -0.1) is 0 Å². The Kier molecular flexibility index (Phi) is 6.02. The van der Waals surface area contributed by atoms with Crippen molar-refractivity contribution in [3.05, 3.63) is 48.3 Å². The number of urea groups is 1. The van der Waals surface area contributed by atoms with Gasteiger partial charge in [0.15, 0.2) is 5.82 Å². The molecule has 10 nitrogen and oxygen atoms in total. The molecule has 4 aromatic rings. The van der Waals surface area contributed by atoms with Gasteiger partial charge in [0.1, 0.15) is 11.0 Å². The third kappa shape index (κ3) is 4.52. The van der Waals surface area contributed by atoms with Gasteiger partial charge in [-0.25, -0.2) is 9.78 Å². The van der Waals surface area contributed by atoms with Crippen LogP contribution in [0.5, 0.6) is 0 Å². The van der Waals surface area contributed by atoms with E-state index in [1.807, 2.05) is 29.2 Å². The first-order valence-corrected chi connectivity index (χ1v) is 13.2. The Morgan fingerprint density at radius 1 is 1.11 bits per heavy atom. The van der Waals surface area contributed by atoms with E-state index < -0.39 is 0 Å². The van der Waals surface area contributed by atoms with Crippen LogP contribution in [0.4, 0.5) is 16.6 Å². The molecule has 6 rings (SSSR count). The smallest absolute Gasteiger partial charge is 0.314 e. The number of anilines is 2. The van der Waals surface area contributed by atoms with E-state index in [9.17, 15) is 4.79 Å². The lowest BCUT2D eigenvalue weighted by Crippen LogP contribution is -2.51. The van der Waals surface area contributed by atoms with Crippen molar-refractivity contribution < 1.29 is 4.79 Å². The third-order valence-electron chi connectivity index (χ3n) is 7.67. The number of hydrogen-bond donors (Lipinski definition) is 2. The molecular weight excluding hydrogens is 466 g/mol. The molecule has 2 amide bonds. The van der Waals surface area contributed by atoms with Crippen molar-refractivity contribution >= 4 is 39.7 Å². The summed E-state index contributed by atoms with van der Waals surface area (Å²) in [6, 6.07) is 10.4. The maximum absolute atomic E-state index is 11.6. The molecule has 0 bridgehead atoms. The minimum atomic E-state index is -0.385. The molecule has 2 atom stereocenters. The van der Waals surface area contributed by atoms with E-state index in [0.29, 0.717) is 38.0 Å². The number of fused-ring (bicyclic) bond motifs is 2. The summed E-state index contributed by atoms with van der Waals surface area (Å²) >= 11 is 0. The zero-order valence-corrected chi connectivity index (χ0v) is 21.3. The molecule has 37 heavy (non-hydrogen) atoms. The number of hydrogen-bond acceptors (Lipinski definition) is 7. The monoisotopic (exact) mass is 499 g/mol. The van der Waals surface area contributed by atoms with Crippen molar-refractivity contribution in [2.45, 2.75) is 45.2 Å². The largest absolute Gasteiger partial charge is 0.361 e. The number of nitrogens with one attached hydrogen (secondary N) is 1. The van der Waals surface area contributed by atoms with Crippen LogP contribution in [-0.2, 0) is 0 Å². The Bertz CT molecular complexity index is 1440. The van der Waals surface area contributed by atoms with Crippen LogP contribution in [0.25, 0.3) is 21.9 Å². The molecule has 3 N–H and O–H groups in total. The molecule has 3 aromatic heterocycles. The molecule has 1 aliphatic heterocycles. The highest BCUT2D eigenvalue weighted by Gasteiger charge is 2.34. The molecule has 2 fully saturated rings. The minimum absolute atomic E-state index is 0.0926. The van der Waals surface area contributed by atoms with E-state index in [1.54, 1.807) is 4.90 Å². The standard InChI is InChI=1S/C27H33N9O/c1-3-17(2)36-24-22(16-30-36)31-27(35-12-10-34(11-13-35)26(28)37)33-25(24)32-23(18-8-9-18)20-14-19-6-4-5-7-21(19)29-15-20/h4-7,14-18,23H,3,8-13H2,1-2H3,(H2,28,37)(H,31,32,33)/t17-,23?/m0/s1. The number of carbonyl (C=O) groups excluding carboxylic acids is 1. The lowest BCUT2D eigenvalue weighted by molar-refractivity contribution is 0.204. The first-order chi connectivity index (χ1) is 18.0. The van der Waals surface area contributed by atoms with E-state index in [0.717, 1.165) is 34.2 Å². The topological polar surface area (TPSA) is 118 Å². The average Bonchev–Trinajstić information content (AvgIpc) is 3.68. The van der Waals surface area contributed by atoms with Gasteiger partial charge in [-0.05, 0) is 49.8 Å². The van der Waals surface area contributed by atoms with Crippen LogP contribution in [0.15, 0.2) is 42.7 Å². The Hall–Kier alpha value is -3.95. The molecule has 0 spiro atoms. The van der Waals surface area contributed by atoms with E-state index in [2.05, 4.69) is 42.3 Å². The van der Waals surface area contributed by atoms with Gasteiger partial charge in [0.05, 0.1) is 17.8 Å².